The monoisotopic (exact) mass is 234 g/mol. The minimum atomic E-state index is -0.305. The number of hydrogen-bond acceptors (Lipinski definition) is 5. The summed E-state index contributed by atoms with van der Waals surface area (Å²) in [5.41, 5.74) is 1.77. The number of rotatable bonds is 4. The van der Waals surface area contributed by atoms with Crippen LogP contribution < -0.4 is 0 Å². The molecule has 0 unspecified atom stereocenters. The van der Waals surface area contributed by atoms with E-state index >= 15 is 0 Å². The summed E-state index contributed by atoms with van der Waals surface area (Å²) in [4.78, 5) is 5.16. The molecule has 0 aromatic heterocycles. The van der Waals surface area contributed by atoms with Gasteiger partial charge in [-0.3, -0.25) is 0 Å². The van der Waals surface area contributed by atoms with Crippen molar-refractivity contribution >= 4 is 5.71 Å². The number of hydrogen-bond donors (Lipinski definition) is 0. The second kappa shape index (κ2) is 6.18. The molecule has 2 aliphatic rings. The van der Waals surface area contributed by atoms with Crippen LogP contribution in [0.25, 0.3) is 0 Å². The van der Waals surface area contributed by atoms with Crippen molar-refractivity contribution in [3.05, 3.63) is 23.8 Å². The molecule has 0 radical (unpaired) electrons. The normalized spacial score (nSPS) is 22.5. The highest BCUT2D eigenvalue weighted by atomic mass is 16.7. The van der Waals surface area contributed by atoms with Gasteiger partial charge in [-0.1, -0.05) is 17.3 Å². The molecule has 5 nitrogen and oxygen atoms in total. The molecule has 1 aliphatic carbocycles. The van der Waals surface area contributed by atoms with Crippen LogP contribution in [0.3, 0.4) is 0 Å². The molecule has 2 rings (SSSR count). The van der Waals surface area contributed by atoms with E-state index in [4.69, 9.17) is 19.6 Å². The predicted octanol–water partition coefficient (Wildman–Crippen LogP) is 1.53. The Bertz CT molecular complexity index is 387. The smallest absolute Gasteiger partial charge is 0.194 e. The highest BCUT2D eigenvalue weighted by Crippen LogP contribution is 2.11. The van der Waals surface area contributed by atoms with E-state index in [0.717, 1.165) is 17.7 Å². The van der Waals surface area contributed by atoms with Crippen LogP contribution in [-0.2, 0) is 14.3 Å². The minimum Gasteiger partial charge on any atom is -0.390 e. The lowest BCUT2D eigenvalue weighted by Gasteiger charge is -2.09. The van der Waals surface area contributed by atoms with Crippen LogP contribution in [0.15, 0.2) is 29.0 Å². The average Bonchev–Trinajstić information content (AvgIpc) is 2.83. The van der Waals surface area contributed by atoms with Gasteiger partial charge in [-0.25, -0.2) is 0 Å². The van der Waals surface area contributed by atoms with E-state index in [1.54, 1.807) is 0 Å². The summed E-state index contributed by atoms with van der Waals surface area (Å²) in [5, 5.41) is 12.6. The van der Waals surface area contributed by atoms with E-state index in [0.29, 0.717) is 26.2 Å². The van der Waals surface area contributed by atoms with Gasteiger partial charge in [0.15, 0.2) is 12.9 Å². The molecule has 1 heterocycles. The molecule has 5 heteroatoms. The summed E-state index contributed by atoms with van der Waals surface area (Å²) < 4.78 is 10.4. The topological polar surface area (TPSA) is 63.8 Å². The van der Waals surface area contributed by atoms with Gasteiger partial charge in [-0.05, 0) is 11.6 Å². The molecule has 0 atom stereocenters. The maximum atomic E-state index is 8.60. The Morgan fingerprint density at radius 1 is 1.47 bits per heavy atom. The minimum absolute atomic E-state index is 0.300. The van der Waals surface area contributed by atoms with Crippen LogP contribution in [0.4, 0.5) is 0 Å². The van der Waals surface area contributed by atoms with Crippen molar-refractivity contribution in [1.82, 2.24) is 0 Å². The second-order valence-corrected chi connectivity index (χ2v) is 3.71. The first-order valence-corrected chi connectivity index (χ1v) is 5.54. The van der Waals surface area contributed by atoms with Gasteiger partial charge in [-0.2, -0.15) is 5.26 Å². The SMILES string of the molecule is N#CCC1=CC(=NOCC2OCCO2)CC=C1. The Kier molecular flexibility index (Phi) is 4.30. The number of nitrogens with zero attached hydrogens (tertiary/aromatic N) is 2. The zero-order valence-corrected chi connectivity index (χ0v) is 9.46. The first kappa shape index (κ1) is 11.8. The number of oxime groups is 1. The first-order valence-electron chi connectivity index (χ1n) is 5.54. The molecule has 0 bridgehead atoms. The van der Waals surface area contributed by atoms with Crippen LogP contribution in [0.1, 0.15) is 12.8 Å². The third-order valence-electron chi connectivity index (χ3n) is 2.38. The number of ether oxygens (including phenoxy) is 2. The van der Waals surface area contributed by atoms with E-state index in [9.17, 15) is 0 Å². The van der Waals surface area contributed by atoms with E-state index in [2.05, 4.69) is 11.2 Å². The van der Waals surface area contributed by atoms with Crippen molar-refractivity contribution in [1.29, 1.82) is 5.26 Å². The van der Waals surface area contributed by atoms with Gasteiger partial charge < -0.3 is 14.3 Å². The van der Waals surface area contributed by atoms with Crippen molar-refractivity contribution in [3.63, 3.8) is 0 Å². The maximum Gasteiger partial charge on any atom is 0.194 e. The van der Waals surface area contributed by atoms with Crippen molar-refractivity contribution in [2.45, 2.75) is 19.1 Å². The molecule has 1 fully saturated rings. The highest BCUT2D eigenvalue weighted by molar-refractivity contribution is 5.97. The van der Waals surface area contributed by atoms with Crippen LogP contribution in [-0.4, -0.2) is 31.8 Å². The Morgan fingerprint density at radius 2 is 2.29 bits per heavy atom. The maximum absolute atomic E-state index is 8.60. The largest absolute Gasteiger partial charge is 0.390 e. The fourth-order valence-corrected chi connectivity index (χ4v) is 1.60. The van der Waals surface area contributed by atoms with Gasteiger partial charge in [-0.15, -0.1) is 0 Å². The van der Waals surface area contributed by atoms with E-state index in [1.807, 2.05) is 18.2 Å². The molecule has 1 saturated heterocycles. The summed E-state index contributed by atoms with van der Waals surface area (Å²) in [5.74, 6) is 0. The van der Waals surface area contributed by atoms with Crippen molar-refractivity contribution in [2.24, 2.45) is 5.16 Å². The molecule has 17 heavy (non-hydrogen) atoms. The van der Waals surface area contributed by atoms with Crippen molar-refractivity contribution in [2.75, 3.05) is 19.8 Å². The Labute approximate surface area is 99.9 Å². The first-order chi connectivity index (χ1) is 8.38. The lowest BCUT2D eigenvalue weighted by molar-refractivity contribution is -0.0934. The van der Waals surface area contributed by atoms with E-state index in [1.165, 1.54) is 0 Å². The molecule has 0 amide bonds. The Hall–Kier alpha value is -1.64. The summed E-state index contributed by atoms with van der Waals surface area (Å²) in [6.07, 6.45) is 6.59. The molecular formula is C12H14N2O3. The quantitative estimate of drug-likeness (QED) is 0.692. The summed E-state index contributed by atoms with van der Waals surface area (Å²) in [7, 11) is 0. The molecule has 0 aromatic carbocycles. The van der Waals surface area contributed by atoms with Gasteiger partial charge in [0.1, 0.15) is 0 Å². The number of nitriles is 1. The van der Waals surface area contributed by atoms with Crippen molar-refractivity contribution < 1.29 is 14.3 Å². The fourth-order valence-electron chi connectivity index (χ4n) is 1.60. The van der Waals surface area contributed by atoms with Gasteiger partial charge in [0.2, 0.25) is 0 Å². The molecule has 90 valence electrons. The average molecular weight is 234 g/mol. The van der Waals surface area contributed by atoms with E-state index < -0.39 is 0 Å². The zero-order valence-electron chi connectivity index (χ0n) is 9.46. The second-order valence-electron chi connectivity index (χ2n) is 3.71. The van der Waals surface area contributed by atoms with Gasteiger partial charge in [0.25, 0.3) is 0 Å². The van der Waals surface area contributed by atoms with Gasteiger partial charge in [0, 0.05) is 6.42 Å². The lowest BCUT2D eigenvalue weighted by atomic mass is 10.0. The standard InChI is InChI=1S/C12H14N2O3/c13-5-4-10-2-1-3-11(8-10)14-17-9-12-15-6-7-16-12/h1-2,8,12H,3-4,6-7,9H2. The van der Waals surface area contributed by atoms with Gasteiger partial charge in [0.05, 0.1) is 31.4 Å². The third-order valence-corrected chi connectivity index (χ3v) is 2.38. The molecule has 0 aromatic rings. The highest BCUT2D eigenvalue weighted by Gasteiger charge is 2.16. The summed E-state index contributed by atoms with van der Waals surface area (Å²) >= 11 is 0. The lowest BCUT2D eigenvalue weighted by Crippen LogP contribution is -2.15. The van der Waals surface area contributed by atoms with Crippen molar-refractivity contribution in [3.8, 4) is 6.07 Å². The molecular weight excluding hydrogens is 220 g/mol. The Morgan fingerprint density at radius 3 is 3.06 bits per heavy atom. The van der Waals surface area contributed by atoms with E-state index in [-0.39, 0.29) is 6.29 Å². The summed E-state index contributed by atoms with van der Waals surface area (Å²) in [6, 6.07) is 2.10. The van der Waals surface area contributed by atoms with Gasteiger partial charge >= 0.3 is 0 Å². The number of allylic oxidation sites excluding steroid dienone is 4. The predicted molar refractivity (Wildman–Crippen MR) is 61.1 cm³/mol. The summed E-state index contributed by atoms with van der Waals surface area (Å²) in [6.45, 7) is 1.52. The molecule has 1 aliphatic heterocycles. The zero-order chi connectivity index (χ0) is 11.9. The molecule has 0 N–H and O–H groups in total. The molecule has 0 spiro atoms. The Balaban J connectivity index is 1.81. The third kappa shape index (κ3) is 3.70. The van der Waals surface area contributed by atoms with Crippen LogP contribution in [0.2, 0.25) is 0 Å². The van der Waals surface area contributed by atoms with Crippen LogP contribution in [0, 0.1) is 11.3 Å². The van der Waals surface area contributed by atoms with Crippen LogP contribution in [0.5, 0.6) is 0 Å². The molecule has 0 saturated carbocycles. The fraction of sp³-hybridized carbons (Fsp3) is 0.500. The van der Waals surface area contributed by atoms with Crippen LogP contribution >= 0.6 is 0 Å².